The maximum atomic E-state index is 12.0. The van der Waals surface area contributed by atoms with Gasteiger partial charge in [0, 0.05) is 17.0 Å². The lowest BCUT2D eigenvalue weighted by molar-refractivity contribution is -0.121. The zero-order valence-corrected chi connectivity index (χ0v) is 17.1. The summed E-state index contributed by atoms with van der Waals surface area (Å²) in [6.07, 6.45) is 1.04. The van der Waals surface area contributed by atoms with Crippen LogP contribution in [0.15, 0.2) is 53.1 Å². The molecule has 0 fully saturated rings. The third kappa shape index (κ3) is 5.42. The molecule has 0 bridgehead atoms. The number of amides is 1. The van der Waals surface area contributed by atoms with Crippen LogP contribution >= 0.6 is 11.6 Å². The fourth-order valence-electron chi connectivity index (χ4n) is 2.73. The van der Waals surface area contributed by atoms with Crippen molar-refractivity contribution in [2.75, 3.05) is 0 Å². The molecule has 0 unspecified atom stereocenters. The predicted octanol–water partition coefficient (Wildman–Crippen LogP) is 4.94. The van der Waals surface area contributed by atoms with Crippen LogP contribution in [0.4, 0.5) is 0 Å². The van der Waals surface area contributed by atoms with Crippen molar-refractivity contribution >= 4 is 17.5 Å². The van der Waals surface area contributed by atoms with Crippen LogP contribution in [-0.4, -0.2) is 16.0 Å². The highest BCUT2D eigenvalue weighted by Crippen LogP contribution is 2.25. The van der Waals surface area contributed by atoms with E-state index in [1.165, 1.54) is 5.56 Å². The Morgan fingerprint density at radius 1 is 1.07 bits per heavy atom. The number of nitrogens with zero attached hydrogens (tertiary/aromatic N) is 2. The van der Waals surface area contributed by atoms with Gasteiger partial charge in [0.05, 0.1) is 6.54 Å². The van der Waals surface area contributed by atoms with Gasteiger partial charge < -0.3 is 9.84 Å². The van der Waals surface area contributed by atoms with Gasteiger partial charge in [0.15, 0.2) is 0 Å². The molecule has 1 N–H and O–H groups in total. The summed E-state index contributed by atoms with van der Waals surface area (Å²) < 4.78 is 5.25. The van der Waals surface area contributed by atoms with E-state index >= 15 is 0 Å². The Bertz CT molecular complexity index is 926. The average molecular weight is 398 g/mol. The molecule has 2 aromatic carbocycles. The minimum Gasteiger partial charge on any atom is -0.347 e. The van der Waals surface area contributed by atoms with Crippen molar-refractivity contribution in [3.63, 3.8) is 0 Å². The first-order valence-corrected chi connectivity index (χ1v) is 9.64. The normalized spacial score (nSPS) is 11.4. The Morgan fingerprint density at radius 3 is 2.39 bits per heavy atom. The Morgan fingerprint density at radius 2 is 1.75 bits per heavy atom. The Labute approximate surface area is 170 Å². The minimum atomic E-state index is -0.0655. The van der Waals surface area contributed by atoms with Crippen molar-refractivity contribution in [1.29, 1.82) is 0 Å². The molecule has 0 aliphatic rings. The molecule has 3 rings (SSSR count). The van der Waals surface area contributed by atoms with Crippen LogP contribution in [-0.2, 0) is 23.2 Å². The molecule has 3 aromatic rings. The van der Waals surface area contributed by atoms with Gasteiger partial charge in [0.1, 0.15) is 0 Å². The number of benzene rings is 2. The van der Waals surface area contributed by atoms with Crippen LogP contribution < -0.4 is 5.32 Å². The summed E-state index contributed by atoms with van der Waals surface area (Å²) in [6.45, 7) is 6.73. The predicted molar refractivity (Wildman–Crippen MR) is 110 cm³/mol. The molecular weight excluding hydrogens is 374 g/mol. The van der Waals surface area contributed by atoms with E-state index in [1.807, 2.05) is 36.4 Å². The number of aromatic nitrogens is 2. The number of aryl methyl sites for hydroxylation is 1. The topological polar surface area (TPSA) is 68.0 Å². The molecule has 28 heavy (non-hydrogen) atoms. The lowest BCUT2D eigenvalue weighted by Crippen LogP contribution is -2.23. The third-order valence-corrected chi connectivity index (χ3v) is 4.72. The molecule has 1 aromatic heterocycles. The SMILES string of the molecule is CC(C)(C)c1ccc(-c2noc(CNC(=O)CCc3ccc(Cl)cc3)n2)cc1. The fourth-order valence-corrected chi connectivity index (χ4v) is 2.86. The van der Waals surface area contributed by atoms with E-state index in [9.17, 15) is 4.79 Å². The molecule has 0 spiro atoms. The molecule has 0 aliphatic heterocycles. The smallest absolute Gasteiger partial charge is 0.246 e. The van der Waals surface area contributed by atoms with E-state index in [0.29, 0.717) is 29.6 Å². The molecule has 0 saturated heterocycles. The van der Waals surface area contributed by atoms with Gasteiger partial charge in [-0.1, -0.05) is 73.9 Å². The zero-order valence-electron chi connectivity index (χ0n) is 16.3. The van der Waals surface area contributed by atoms with Gasteiger partial charge >= 0.3 is 0 Å². The standard InChI is InChI=1S/C22H24ClN3O2/c1-22(2,3)17-9-7-16(8-10-17)21-25-20(28-26-21)14-24-19(27)13-6-15-4-11-18(23)12-5-15/h4-5,7-12H,6,13-14H2,1-3H3,(H,24,27). The van der Waals surface area contributed by atoms with Gasteiger partial charge in [-0.05, 0) is 35.1 Å². The summed E-state index contributed by atoms with van der Waals surface area (Å²) in [5.41, 5.74) is 3.29. The second-order valence-corrected chi connectivity index (χ2v) is 8.18. The van der Waals surface area contributed by atoms with E-state index in [1.54, 1.807) is 0 Å². The zero-order chi connectivity index (χ0) is 20.1. The molecule has 1 heterocycles. The minimum absolute atomic E-state index is 0.0655. The summed E-state index contributed by atoms with van der Waals surface area (Å²) in [4.78, 5) is 16.4. The number of carbonyl (C=O) groups excluding carboxylic acids is 1. The van der Waals surface area contributed by atoms with Crippen molar-refractivity contribution in [3.8, 4) is 11.4 Å². The van der Waals surface area contributed by atoms with Gasteiger partial charge in [0.25, 0.3) is 0 Å². The van der Waals surface area contributed by atoms with Gasteiger partial charge in [-0.25, -0.2) is 0 Å². The summed E-state index contributed by atoms with van der Waals surface area (Å²) in [7, 11) is 0. The number of carbonyl (C=O) groups is 1. The van der Waals surface area contributed by atoms with Gasteiger partial charge in [-0.15, -0.1) is 0 Å². The van der Waals surface area contributed by atoms with Crippen LogP contribution in [0.25, 0.3) is 11.4 Å². The van der Waals surface area contributed by atoms with E-state index in [4.69, 9.17) is 16.1 Å². The van der Waals surface area contributed by atoms with E-state index < -0.39 is 0 Å². The van der Waals surface area contributed by atoms with E-state index in [2.05, 4.69) is 48.4 Å². The molecule has 1 amide bonds. The van der Waals surface area contributed by atoms with Crippen LogP contribution in [0.2, 0.25) is 5.02 Å². The second-order valence-electron chi connectivity index (χ2n) is 7.74. The van der Waals surface area contributed by atoms with Crippen LogP contribution in [0.1, 0.15) is 44.2 Å². The molecule has 5 nitrogen and oxygen atoms in total. The van der Waals surface area contributed by atoms with Gasteiger partial charge in [-0.3, -0.25) is 4.79 Å². The van der Waals surface area contributed by atoms with Crippen LogP contribution in [0, 0.1) is 0 Å². The first-order chi connectivity index (χ1) is 13.3. The van der Waals surface area contributed by atoms with Gasteiger partial charge in [-0.2, -0.15) is 4.98 Å². The van der Waals surface area contributed by atoms with Crippen LogP contribution in [0.3, 0.4) is 0 Å². The summed E-state index contributed by atoms with van der Waals surface area (Å²) in [5.74, 6) is 0.838. The lowest BCUT2D eigenvalue weighted by atomic mass is 9.87. The number of hydrogen-bond donors (Lipinski definition) is 1. The van der Waals surface area contributed by atoms with Crippen molar-refractivity contribution in [1.82, 2.24) is 15.5 Å². The maximum Gasteiger partial charge on any atom is 0.246 e. The lowest BCUT2D eigenvalue weighted by Gasteiger charge is -2.18. The Balaban J connectivity index is 1.51. The summed E-state index contributed by atoms with van der Waals surface area (Å²) in [5, 5.41) is 7.51. The Hall–Kier alpha value is -2.66. The third-order valence-electron chi connectivity index (χ3n) is 4.47. The quantitative estimate of drug-likeness (QED) is 0.639. The monoisotopic (exact) mass is 397 g/mol. The van der Waals surface area contributed by atoms with Crippen molar-refractivity contribution in [2.45, 2.75) is 45.6 Å². The van der Waals surface area contributed by atoms with E-state index in [0.717, 1.165) is 11.1 Å². The second kappa shape index (κ2) is 8.57. The number of halogens is 1. The number of hydrogen-bond acceptors (Lipinski definition) is 4. The van der Waals surface area contributed by atoms with Crippen LogP contribution in [0.5, 0.6) is 0 Å². The molecule has 0 saturated carbocycles. The summed E-state index contributed by atoms with van der Waals surface area (Å²) in [6, 6.07) is 15.6. The molecular formula is C22H24ClN3O2. The number of nitrogens with one attached hydrogen (secondary N) is 1. The van der Waals surface area contributed by atoms with Crippen molar-refractivity contribution < 1.29 is 9.32 Å². The largest absolute Gasteiger partial charge is 0.347 e. The molecule has 146 valence electrons. The molecule has 0 aliphatic carbocycles. The average Bonchev–Trinajstić information content (AvgIpc) is 3.14. The summed E-state index contributed by atoms with van der Waals surface area (Å²) >= 11 is 5.86. The first-order valence-electron chi connectivity index (χ1n) is 9.26. The highest BCUT2D eigenvalue weighted by molar-refractivity contribution is 6.30. The Kier molecular flexibility index (Phi) is 6.15. The highest BCUT2D eigenvalue weighted by atomic mass is 35.5. The molecule has 0 radical (unpaired) electrons. The molecule has 6 heteroatoms. The highest BCUT2D eigenvalue weighted by Gasteiger charge is 2.15. The molecule has 0 atom stereocenters. The van der Waals surface area contributed by atoms with Gasteiger partial charge in [0.2, 0.25) is 17.6 Å². The number of rotatable bonds is 6. The van der Waals surface area contributed by atoms with E-state index in [-0.39, 0.29) is 17.9 Å². The first kappa shape index (κ1) is 20.1. The maximum absolute atomic E-state index is 12.0. The van der Waals surface area contributed by atoms with Crippen molar-refractivity contribution in [2.24, 2.45) is 0 Å². The van der Waals surface area contributed by atoms with Crippen molar-refractivity contribution in [3.05, 3.63) is 70.6 Å². The fraction of sp³-hybridized carbons (Fsp3) is 0.318.